The van der Waals surface area contributed by atoms with Gasteiger partial charge < -0.3 is 0 Å². The van der Waals surface area contributed by atoms with E-state index in [0.29, 0.717) is 0 Å². The van der Waals surface area contributed by atoms with E-state index in [4.69, 9.17) is 5.26 Å². The molecule has 2 aromatic carbocycles. The predicted molar refractivity (Wildman–Crippen MR) is 70.3 cm³/mol. The van der Waals surface area contributed by atoms with Crippen LogP contribution in [0.4, 0.5) is 0 Å². The highest BCUT2D eigenvalue weighted by Crippen LogP contribution is 2.23. The van der Waals surface area contributed by atoms with Crippen LogP contribution in [0.15, 0.2) is 60.7 Å². The molecule has 0 spiro atoms. The van der Waals surface area contributed by atoms with Crippen molar-refractivity contribution in [3.8, 4) is 6.07 Å². The third-order valence-corrected chi connectivity index (χ3v) is 2.62. The van der Waals surface area contributed by atoms with Crippen LogP contribution in [0.1, 0.15) is 16.7 Å². The van der Waals surface area contributed by atoms with Crippen molar-refractivity contribution in [2.45, 2.75) is 6.92 Å². The molecule has 17 heavy (non-hydrogen) atoms. The first kappa shape index (κ1) is 11.2. The summed E-state index contributed by atoms with van der Waals surface area (Å²) >= 11 is 0. The molecule has 0 aromatic heterocycles. The van der Waals surface area contributed by atoms with Crippen molar-refractivity contribution in [2.24, 2.45) is 0 Å². The normalized spacial score (nSPS) is 10.9. The highest BCUT2D eigenvalue weighted by molar-refractivity contribution is 5.81. The lowest BCUT2D eigenvalue weighted by Gasteiger charge is -2.07. The quantitative estimate of drug-likeness (QED) is 0.701. The summed E-state index contributed by atoms with van der Waals surface area (Å²) in [5.74, 6) is 0. The van der Waals surface area contributed by atoms with E-state index < -0.39 is 0 Å². The SMILES string of the molecule is Cc1cccc(/C(=C\C#N)c2ccccc2)c1. The van der Waals surface area contributed by atoms with Gasteiger partial charge in [-0.3, -0.25) is 0 Å². The summed E-state index contributed by atoms with van der Waals surface area (Å²) in [5.41, 5.74) is 4.32. The molecule has 1 nitrogen and oxygen atoms in total. The Labute approximate surface area is 102 Å². The van der Waals surface area contributed by atoms with Crippen LogP contribution in [0.3, 0.4) is 0 Å². The summed E-state index contributed by atoms with van der Waals surface area (Å²) in [6.07, 6.45) is 1.60. The summed E-state index contributed by atoms with van der Waals surface area (Å²) in [6.45, 7) is 2.05. The molecular formula is C16H13N. The first-order valence-corrected chi connectivity index (χ1v) is 5.53. The lowest BCUT2D eigenvalue weighted by Crippen LogP contribution is -1.88. The highest BCUT2D eigenvalue weighted by Gasteiger charge is 2.04. The number of rotatable bonds is 2. The minimum absolute atomic E-state index is 0.969. The Morgan fingerprint density at radius 1 is 1.00 bits per heavy atom. The molecule has 82 valence electrons. The molecule has 0 bridgehead atoms. The second kappa shape index (κ2) is 5.14. The molecule has 0 fully saturated rings. The maximum atomic E-state index is 8.90. The molecule has 2 rings (SSSR count). The van der Waals surface area contributed by atoms with Crippen molar-refractivity contribution in [3.63, 3.8) is 0 Å². The fourth-order valence-electron chi connectivity index (χ4n) is 1.83. The Kier molecular flexibility index (Phi) is 3.37. The van der Waals surface area contributed by atoms with Crippen molar-refractivity contribution in [1.82, 2.24) is 0 Å². The molecule has 1 heteroatoms. The fraction of sp³-hybridized carbons (Fsp3) is 0.0625. The van der Waals surface area contributed by atoms with Gasteiger partial charge in [-0.25, -0.2) is 0 Å². The Bertz CT molecular complexity index is 574. The third-order valence-electron chi connectivity index (χ3n) is 2.62. The van der Waals surface area contributed by atoms with Gasteiger partial charge in [-0.1, -0.05) is 60.2 Å². The molecular weight excluding hydrogens is 206 g/mol. The van der Waals surface area contributed by atoms with Gasteiger partial charge in [0, 0.05) is 6.08 Å². The molecule has 0 atom stereocenters. The monoisotopic (exact) mass is 219 g/mol. The van der Waals surface area contributed by atoms with Gasteiger partial charge in [0.25, 0.3) is 0 Å². The molecule has 0 unspecified atom stereocenters. The highest BCUT2D eigenvalue weighted by atomic mass is 14.2. The van der Waals surface area contributed by atoms with Gasteiger partial charge >= 0.3 is 0 Å². The molecule has 0 aliphatic heterocycles. The van der Waals surface area contributed by atoms with E-state index in [0.717, 1.165) is 16.7 Å². The largest absolute Gasteiger partial charge is 0.193 e. The lowest BCUT2D eigenvalue weighted by molar-refractivity contribution is 1.44. The number of nitrogens with zero attached hydrogens (tertiary/aromatic N) is 1. The van der Waals surface area contributed by atoms with Crippen LogP contribution in [0.25, 0.3) is 5.57 Å². The van der Waals surface area contributed by atoms with Crippen molar-refractivity contribution < 1.29 is 0 Å². The van der Waals surface area contributed by atoms with Crippen LogP contribution in [-0.4, -0.2) is 0 Å². The van der Waals surface area contributed by atoms with Gasteiger partial charge in [-0.15, -0.1) is 0 Å². The Hall–Kier alpha value is -2.33. The fourth-order valence-corrected chi connectivity index (χ4v) is 1.83. The van der Waals surface area contributed by atoms with E-state index in [2.05, 4.69) is 25.1 Å². The van der Waals surface area contributed by atoms with E-state index in [1.807, 2.05) is 42.5 Å². The number of nitriles is 1. The minimum atomic E-state index is 0.969. The van der Waals surface area contributed by atoms with Crippen molar-refractivity contribution in [3.05, 3.63) is 77.4 Å². The average Bonchev–Trinajstić information content (AvgIpc) is 2.37. The smallest absolute Gasteiger partial charge is 0.0918 e. The van der Waals surface area contributed by atoms with Crippen LogP contribution in [0.2, 0.25) is 0 Å². The van der Waals surface area contributed by atoms with E-state index >= 15 is 0 Å². The first-order valence-electron chi connectivity index (χ1n) is 5.53. The third kappa shape index (κ3) is 2.62. The number of allylic oxidation sites excluding steroid dienone is 1. The van der Waals surface area contributed by atoms with Crippen LogP contribution in [0, 0.1) is 18.3 Å². The van der Waals surface area contributed by atoms with Gasteiger partial charge in [0.1, 0.15) is 0 Å². The summed E-state index contributed by atoms with van der Waals surface area (Å²) in [5, 5.41) is 8.90. The molecule has 0 N–H and O–H groups in total. The average molecular weight is 219 g/mol. The van der Waals surface area contributed by atoms with Crippen LogP contribution in [-0.2, 0) is 0 Å². The molecule has 0 aliphatic rings. The zero-order valence-corrected chi connectivity index (χ0v) is 9.72. The summed E-state index contributed by atoms with van der Waals surface area (Å²) in [7, 11) is 0. The minimum Gasteiger partial charge on any atom is -0.193 e. The van der Waals surface area contributed by atoms with E-state index in [9.17, 15) is 0 Å². The Morgan fingerprint density at radius 3 is 2.35 bits per heavy atom. The Morgan fingerprint density at radius 2 is 1.71 bits per heavy atom. The Balaban J connectivity index is 2.52. The van der Waals surface area contributed by atoms with Gasteiger partial charge in [0.15, 0.2) is 0 Å². The number of hydrogen-bond donors (Lipinski definition) is 0. The molecule has 0 saturated carbocycles. The second-order valence-electron chi connectivity index (χ2n) is 3.92. The van der Waals surface area contributed by atoms with E-state index in [-0.39, 0.29) is 0 Å². The van der Waals surface area contributed by atoms with Crippen LogP contribution < -0.4 is 0 Å². The maximum absolute atomic E-state index is 8.90. The van der Waals surface area contributed by atoms with Crippen molar-refractivity contribution in [2.75, 3.05) is 0 Å². The zero-order valence-electron chi connectivity index (χ0n) is 9.72. The standard InChI is InChI=1S/C16H13N/c1-13-6-5-9-15(12-13)16(10-11-17)14-7-3-2-4-8-14/h2-10,12H,1H3/b16-10-. The second-order valence-corrected chi connectivity index (χ2v) is 3.92. The van der Waals surface area contributed by atoms with E-state index in [1.54, 1.807) is 6.08 Å². The van der Waals surface area contributed by atoms with Crippen LogP contribution in [0.5, 0.6) is 0 Å². The zero-order chi connectivity index (χ0) is 12.1. The summed E-state index contributed by atoms with van der Waals surface area (Å²) in [4.78, 5) is 0. The molecule has 0 saturated heterocycles. The summed E-state index contributed by atoms with van der Waals surface area (Å²) < 4.78 is 0. The predicted octanol–water partition coefficient (Wildman–Crippen LogP) is 3.95. The first-order chi connectivity index (χ1) is 8.31. The molecule has 0 amide bonds. The molecule has 2 aromatic rings. The maximum Gasteiger partial charge on any atom is 0.0918 e. The summed E-state index contributed by atoms with van der Waals surface area (Å²) in [6, 6.07) is 20.3. The number of benzene rings is 2. The molecule has 0 heterocycles. The van der Waals surface area contributed by atoms with Crippen molar-refractivity contribution >= 4 is 5.57 Å². The topological polar surface area (TPSA) is 23.8 Å². The number of hydrogen-bond acceptors (Lipinski definition) is 1. The van der Waals surface area contributed by atoms with E-state index in [1.165, 1.54) is 5.56 Å². The van der Waals surface area contributed by atoms with Gasteiger partial charge in [-0.2, -0.15) is 5.26 Å². The molecule has 0 aliphatic carbocycles. The van der Waals surface area contributed by atoms with Gasteiger partial charge in [0.05, 0.1) is 6.07 Å². The van der Waals surface area contributed by atoms with Gasteiger partial charge in [0.2, 0.25) is 0 Å². The number of aryl methyl sites for hydroxylation is 1. The lowest BCUT2D eigenvalue weighted by atomic mass is 9.96. The van der Waals surface area contributed by atoms with Gasteiger partial charge in [-0.05, 0) is 23.6 Å². The van der Waals surface area contributed by atoms with Crippen LogP contribution >= 0.6 is 0 Å². The van der Waals surface area contributed by atoms with Crippen molar-refractivity contribution in [1.29, 1.82) is 5.26 Å². The molecule has 0 radical (unpaired) electrons.